The van der Waals surface area contributed by atoms with Crippen molar-refractivity contribution >= 4 is 11.3 Å². The number of rotatable bonds is 4. The SMILES string of the molecule is CC(c1cccs1)N(C)CC1COCCC1O. The first-order chi connectivity index (χ1) is 8.18. The summed E-state index contributed by atoms with van der Waals surface area (Å²) in [5.74, 6) is 0.246. The van der Waals surface area contributed by atoms with Crippen LogP contribution < -0.4 is 0 Å². The quantitative estimate of drug-likeness (QED) is 0.894. The van der Waals surface area contributed by atoms with Gasteiger partial charge in [0.1, 0.15) is 0 Å². The van der Waals surface area contributed by atoms with Crippen LogP contribution in [0.2, 0.25) is 0 Å². The molecule has 0 aromatic carbocycles. The number of nitrogens with zero attached hydrogens (tertiary/aromatic N) is 1. The minimum atomic E-state index is -0.207. The number of thiophene rings is 1. The Morgan fingerprint density at radius 1 is 1.65 bits per heavy atom. The van der Waals surface area contributed by atoms with E-state index in [1.54, 1.807) is 11.3 Å². The number of hydrogen-bond donors (Lipinski definition) is 1. The lowest BCUT2D eigenvalue weighted by molar-refractivity contribution is -0.0472. The Morgan fingerprint density at radius 2 is 2.47 bits per heavy atom. The van der Waals surface area contributed by atoms with Gasteiger partial charge in [0.05, 0.1) is 12.7 Å². The van der Waals surface area contributed by atoms with Crippen LogP contribution in [0.5, 0.6) is 0 Å². The number of ether oxygens (including phenoxy) is 1. The molecule has 0 amide bonds. The molecule has 1 N–H and O–H groups in total. The van der Waals surface area contributed by atoms with Crippen molar-refractivity contribution in [2.75, 3.05) is 26.8 Å². The molecule has 2 rings (SSSR count). The van der Waals surface area contributed by atoms with Crippen molar-refractivity contribution in [1.82, 2.24) is 4.90 Å². The molecule has 0 aliphatic carbocycles. The molecule has 0 spiro atoms. The molecule has 4 heteroatoms. The molecule has 2 heterocycles. The van der Waals surface area contributed by atoms with Crippen molar-refractivity contribution < 1.29 is 9.84 Å². The van der Waals surface area contributed by atoms with Crippen LogP contribution in [0.3, 0.4) is 0 Å². The topological polar surface area (TPSA) is 32.7 Å². The molecule has 3 atom stereocenters. The summed E-state index contributed by atoms with van der Waals surface area (Å²) in [6.07, 6.45) is 0.563. The lowest BCUT2D eigenvalue weighted by Gasteiger charge is -2.33. The molecule has 17 heavy (non-hydrogen) atoms. The average Bonchev–Trinajstić information content (AvgIpc) is 2.84. The predicted molar refractivity (Wildman–Crippen MR) is 70.3 cm³/mol. The zero-order valence-electron chi connectivity index (χ0n) is 10.5. The van der Waals surface area contributed by atoms with Crippen LogP contribution in [0.15, 0.2) is 17.5 Å². The molecule has 3 unspecified atom stereocenters. The molecule has 3 nitrogen and oxygen atoms in total. The highest BCUT2D eigenvalue weighted by Gasteiger charge is 2.26. The Labute approximate surface area is 107 Å². The summed E-state index contributed by atoms with van der Waals surface area (Å²) in [5, 5.41) is 12.0. The van der Waals surface area contributed by atoms with E-state index < -0.39 is 0 Å². The van der Waals surface area contributed by atoms with E-state index in [1.165, 1.54) is 4.88 Å². The molecular weight excluding hydrogens is 234 g/mol. The van der Waals surface area contributed by atoms with Gasteiger partial charge < -0.3 is 9.84 Å². The Bertz CT molecular complexity index is 328. The maximum absolute atomic E-state index is 9.93. The van der Waals surface area contributed by atoms with Crippen LogP contribution in [-0.2, 0) is 4.74 Å². The van der Waals surface area contributed by atoms with Gasteiger partial charge in [-0.1, -0.05) is 6.07 Å². The van der Waals surface area contributed by atoms with Gasteiger partial charge in [-0.3, -0.25) is 4.90 Å². The maximum atomic E-state index is 9.93. The first kappa shape index (κ1) is 13.0. The Kier molecular flexibility index (Phi) is 4.56. The fraction of sp³-hybridized carbons (Fsp3) is 0.692. The van der Waals surface area contributed by atoms with Gasteiger partial charge in [-0.25, -0.2) is 0 Å². The zero-order valence-corrected chi connectivity index (χ0v) is 11.3. The van der Waals surface area contributed by atoms with Crippen molar-refractivity contribution in [3.05, 3.63) is 22.4 Å². The predicted octanol–water partition coefficient (Wildman–Crippen LogP) is 2.14. The van der Waals surface area contributed by atoms with E-state index >= 15 is 0 Å². The second kappa shape index (κ2) is 5.96. The standard InChI is InChI=1S/C13H21NO2S/c1-10(13-4-3-7-17-13)14(2)8-11-9-16-6-5-12(11)15/h3-4,7,10-12,15H,5-6,8-9H2,1-2H3. The zero-order chi connectivity index (χ0) is 12.3. The molecule has 1 aliphatic heterocycles. The van der Waals surface area contributed by atoms with Crippen molar-refractivity contribution in [3.8, 4) is 0 Å². The van der Waals surface area contributed by atoms with Gasteiger partial charge in [0.15, 0.2) is 0 Å². The van der Waals surface area contributed by atoms with Crippen LogP contribution in [0.25, 0.3) is 0 Å². The Morgan fingerprint density at radius 3 is 3.12 bits per heavy atom. The lowest BCUT2D eigenvalue weighted by Crippen LogP contribution is -2.40. The van der Waals surface area contributed by atoms with Crippen LogP contribution in [-0.4, -0.2) is 42.9 Å². The highest BCUT2D eigenvalue weighted by molar-refractivity contribution is 7.10. The van der Waals surface area contributed by atoms with Crippen LogP contribution >= 0.6 is 11.3 Å². The summed E-state index contributed by atoms with van der Waals surface area (Å²) in [7, 11) is 2.12. The molecule has 0 saturated carbocycles. The summed E-state index contributed by atoms with van der Waals surface area (Å²) in [5.41, 5.74) is 0. The summed E-state index contributed by atoms with van der Waals surface area (Å²) in [6, 6.07) is 4.66. The van der Waals surface area contributed by atoms with E-state index in [2.05, 4.69) is 36.4 Å². The molecule has 1 saturated heterocycles. The van der Waals surface area contributed by atoms with Crippen molar-refractivity contribution in [3.63, 3.8) is 0 Å². The fourth-order valence-electron chi connectivity index (χ4n) is 2.23. The van der Waals surface area contributed by atoms with Crippen molar-refractivity contribution in [2.45, 2.75) is 25.5 Å². The lowest BCUT2D eigenvalue weighted by atomic mass is 9.97. The highest BCUT2D eigenvalue weighted by Crippen LogP contribution is 2.25. The summed E-state index contributed by atoms with van der Waals surface area (Å²) < 4.78 is 5.44. The summed E-state index contributed by atoms with van der Waals surface area (Å²) in [6.45, 7) is 4.48. The van der Waals surface area contributed by atoms with E-state index in [1.807, 2.05) is 0 Å². The van der Waals surface area contributed by atoms with E-state index in [0.717, 1.165) is 13.0 Å². The number of aliphatic hydroxyl groups is 1. The third kappa shape index (κ3) is 3.28. The average molecular weight is 255 g/mol. The van der Waals surface area contributed by atoms with E-state index in [9.17, 15) is 5.11 Å². The molecular formula is C13H21NO2S. The Hall–Kier alpha value is -0.420. The van der Waals surface area contributed by atoms with Gasteiger partial charge in [-0.2, -0.15) is 0 Å². The third-order valence-electron chi connectivity index (χ3n) is 3.57. The smallest absolute Gasteiger partial charge is 0.0624 e. The molecule has 1 aliphatic rings. The molecule has 0 radical (unpaired) electrons. The minimum absolute atomic E-state index is 0.207. The molecule has 1 aromatic rings. The van der Waals surface area contributed by atoms with Gasteiger partial charge in [-0.15, -0.1) is 11.3 Å². The van der Waals surface area contributed by atoms with E-state index in [-0.39, 0.29) is 12.0 Å². The van der Waals surface area contributed by atoms with Gasteiger partial charge in [0.2, 0.25) is 0 Å². The van der Waals surface area contributed by atoms with Gasteiger partial charge >= 0.3 is 0 Å². The number of hydrogen-bond acceptors (Lipinski definition) is 4. The third-order valence-corrected chi connectivity index (χ3v) is 4.62. The normalized spacial score (nSPS) is 27.3. The van der Waals surface area contributed by atoms with Crippen LogP contribution in [0, 0.1) is 5.92 Å². The second-order valence-corrected chi connectivity index (χ2v) is 5.80. The van der Waals surface area contributed by atoms with Gasteiger partial charge in [0, 0.05) is 30.0 Å². The first-order valence-electron chi connectivity index (χ1n) is 6.18. The number of aliphatic hydroxyl groups excluding tert-OH is 1. The maximum Gasteiger partial charge on any atom is 0.0624 e. The molecule has 1 aromatic heterocycles. The minimum Gasteiger partial charge on any atom is -0.393 e. The fourth-order valence-corrected chi connectivity index (χ4v) is 3.08. The Balaban J connectivity index is 1.89. The summed E-state index contributed by atoms with van der Waals surface area (Å²) in [4.78, 5) is 3.67. The van der Waals surface area contributed by atoms with Gasteiger partial charge in [0.25, 0.3) is 0 Å². The van der Waals surface area contributed by atoms with Crippen LogP contribution in [0.4, 0.5) is 0 Å². The molecule has 1 fully saturated rings. The monoisotopic (exact) mass is 255 g/mol. The van der Waals surface area contributed by atoms with Crippen LogP contribution in [0.1, 0.15) is 24.3 Å². The summed E-state index contributed by atoms with van der Waals surface area (Å²) >= 11 is 1.79. The van der Waals surface area contributed by atoms with Gasteiger partial charge in [-0.05, 0) is 31.8 Å². The first-order valence-corrected chi connectivity index (χ1v) is 7.06. The molecule has 0 bridgehead atoms. The van der Waals surface area contributed by atoms with E-state index in [4.69, 9.17) is 4.74 Å². The van der Waals surface area contributed by atoms with Crippen molar-refractivity contribution in [2.24, 2.45) is 5.92 Å². The largest absolute Gasteiger partial charge is 0.393 e. The van der Waals surface area contributed by atoms with E-state index in [0.29, 0.717) is 19.3 Å². The van der Waals surface area contributed by atoms with Crippen molar-refractivity contribution in [1.29, 1.82) is 0 Å². The highest BCUT2D eigenvalue weighted by atomic mass is 32.1. The molecule has 96 valence electrons. The second-order valence-electron chi connectivity index (χ2n) is 4.82.